The first-order valence-electron chi connectivity index (χ1n) is 2.41. The molecule has 0 N–H and O–H groups in total. The molecule has 2 nitrogen and oxygen atoms in total. The van der Waals surface area contributed by atoms with Gasteiger partial charge in [0.25, 0.3) is 0 Å². The Morgan fingerprint density at radius 1 is 1.67 bits per heavy atom. The molecular weight excluding hydrogens is 154 g/mol. The van der Waals surface area contributed by atoms with Crippen LogP contribution in [0.5, 0.6) is 0 Å². The number of hydrogen-bond donors (Lipinski definition) is 0. The van der Waals surface area contributed by atoms with Gasteiger partial charge in [-0.15, -0.1) is 11.3 Å². The van der Waals surface area contributed by atoms with E-state index in [-0.39, 0.29) is 0 Å². The highest BCUT2D eigenvalue weighted by Crippen LogP contribution is 2.24. The van der Waals surface area contributed by atoms with Crippen LogP contribution in [0.3, 0.4) is 0 Å². The zero-order valence-electron chi connectivity index (χ0n) is 4.40. The number of fused-ring (bicyclic) bond motifs is 1. The average Bonchev–Trinajstić information content (AvgIpc) is 2.35. The molecule has 0 spiro atoms. The molecule has 46 valence electrons. The van der Waals surface area contributed by atoms with Gasteiger partial charge in [0.1, 0.15) is 4.21 Å². The van der Waals surface area contributed by atoms with Crippen molar-refractivity contribution in [1.29, 1.82) is 0 Å². The van der Waals surface area contributed by atoms with Crippen LogP contribution < -0.4 is 0 Å². The summed E-state index contributed by atoms with van der Waals surface area (Å²) in [5.41, 5.74) is 1.01. The highest BCUT2D eigenvalue weighted by Gasteiger charge is 2.13. The Kier molecular flexibility index (Phi) is 1.03. The minimum absolute atomic E-state index is 0.884. The van der Waals surface area contributed by atoms with Crippen molar-refractivity contribution in [2.75, 3.05) is 0 Å². The van der Waals surface area contributed by atoms with Gasteiger partial charge in [0.2, 0.25) is 0 Å². The van der Waals surface area contributed by atoms with Gasteiger partial charge in [-0.05, 0) is 11.4 Å². The first-order chi connectivity index (χ1) is 4.38. The minimum Gasteiger partial charge on any atom is -0.229 e. The van der Waals surface area contributed by atoms with Crippen LogP contribution in [0.25, 0.3) is 0 Å². The van der Waals surface area contributed by atoms with Crippen molar-refractivity contribution in [1.82, 2.24) is 0 Å². The first-order valence-corrected chi connectivity index (χ1v) is 4.40. The van der Waals surface area contributed by atoms with E-state index in [0.717, 1.165) is 9.77 Å². The molecule has 0 saturated carbocycles. The second kappa shape index (κ2) is 1.75. The Morgan fingerprint density at radius 2 is 2.56 bits per heavy atom. The fourth-order valence-corrected chi connectivity index (χ4v) is 2.54. The Bertz CT molecular complexity index is 289. The van der Waals surface area contributed by atoms with Crippen molar-refractivity contribution in [3.05, 3.63) is 17.0 Å². The Hall–Kier alpha value is -0.480. The second-order valence-corrected chi connectivity index (χ2v) is 3.94. The van der Waals surface area contributed by atoms with Crippen molar-refractivity contribution >= 4 is 28.5 Å². The highest BCUT2D eigenvalue weighted by molar-refractivity contribution is 7.86. The molecule has 1 atom stereocenters. The summed E-state index contributed by atoms with van der Waals surface area (Å²) in [5, 5.41) is 1.92. The van der Waals surface area contributed by atoms with Crippen LogP contribution in [0.4, 0.5) is 0 Å². The van der Waals surface area contributed by atoms with Crippen molar-refractivity contribution in [2.24, 2.45) is 4.40 Å². The van der Waals surface area contributed by atoms with Crippen LogP contribution in [0, 0.1) is 0 Å². The molecule has 0 aromatic carbocycles. The van der Waals surface area contributed by atoms with Crippen LogP contribution in [0.1, 0.15) is 5.56 Å². The van der Waals surface area contributed by atoms with Gasteiger partial charge >= 0.3 is 0 Å². The largest absolute Gasteiger partial charge is 0.229 e. The van der Waals surface area contributed by atoms with Gasteiger partial charge in [-0.1, -0.05) is 0 Å². The lowest BCUT2D eigenvalue weighted by molar-refractivity contribution is 0.686. The summed E-state index contributed by atoms with van der Waals surface area (Å²) in [7, 11) is -1.08. The molecule has 2 rings (SSSR count). The molecule has 1 aromatic heterocycles. The molecular formula is C5H3NOS2. The first kappa shape index (κ1) is 5.32. The third-order valence-electron chi connectivity index (χ3n) is 1.10. The number of nitrogens with zero attached hydrogens (tertiary/aromatic N) is 1. The van der Waals surface area contributed by atoms with Gasteiger partial charge < -0.3 is 0 Å². The third kappa shape index (κ3) is 0.668. The predicted octanol–water partition coefficient (Wildman–Crippen LogP) is 1.20. The van der Waals surface area contributed by atoms with Crippen molar-refractivity contribution < 1.29 is 4.21 Å². The van der Waals surface area contributed by atoms with Crippen LogP contribution in [0.15, 0.2) is 20.1 Å². The Labute approximate surface area is 58.8 Å². The molecule has 0 amide bonds. The van der Waals surface area contributed by atoms with E-state index in [1.165, 1.54) is 11.3 Å². The van der Waals surface area contributed by atoms with Crippen LogP contribution in [-0.2, 0) is 11.0 Å². The molecule has 0 aliphatic carbocycles. The molecule has 9 heavy (non-hydrogen) atoms. The lowest BCUT2D eigenvalue weighted by Gasteiger charge is -1.78. The molecule has 0 radical (unpaired) electrons. The van der Waals surface area contributed by atoms with Gasteiger partial charge in [0.05, 0.1) is 0 Å². The van der Waals surface area contributed by atoms with Crippen LogP contribution in [0.2, 0.25) is 0 Å². The zero-order valence-corrected chi connectivity index (χ0v) is 6.04. The summed E-state index contributed by atoms with van der Waals surface area (Å²) in [6.45, 7) is 0. The van der Waals surface area contributed by atoms with E-state index in [0.29, 0.717) is 0 Å². The van der Waals surface area contributed by atoms with E-state index in [9.17, 15) is 4.21 Å². The molecule has 4 heteroatoms. The zero-order chi connectivity index (χ0) is 6.27. The topological polar surface area (TPSA) is 29.4 Å². The second-order valence-electron chi connectivity index (χ2n) is 1.65. The van der Waals surface area contributed by atoms with Gasteiger partial charge in [-0.3, -0.25) is 0 Å². The normalized spacial score (nSPS) is 22.4. The standard InChI is InChI=1S/C5H3NOS2/c7-9-5-4(3-6-9)1-2-8-5/h1-3H. The van der Waals surface area contributed by atoms with E-state index >= 15 is 0 Å². The van der Waals surface area contributed by atoms with Crippen molar-refractivity contribution in [3.63, 3.8) is 0 Å². The van der Waals surface area contributed by atoms with Gasteiger partial charge in [0, 0.05) is 11.8 Å². The molecule has 1 unspecified atom stereocenters. The minimum atomic E-state index is -1.08. The molecule has 0 saturated heterocycles. The predicted molar refractivity (Wildman–Crippen MR) is 38.3 cm³/mol. The number of hydrogen-bond acceptors (Lipinski definition) is 2. The van der Waals surface area contributed by atoms with Crippen molar-refractivity contribution in [3.8, 4) is 0 Å². The number of rotatable bonds is 0. The smallest absolute Gasteiger partial charge is 0.183 e. The van der Waals surface area contributed by atoms with Crippen LogP contribution in [-0.4, -0.2) is 10.4 Å². The summed E-state index contributed by atoms with van der Waals surface area (Å²) in [5.74, 6) is 0. The maximum Gasteiger partial charge on any atom is 0.183 e. The monoisotopic (exact) mass is 157 g/mol. The van der Waals surface area contributed by atoms with Gasteiger partial charge in [-0.2, -0.15) is 4.40 Å². The Balaban J connectivity index is 2.73. The summed E-state index contributed by atoms with van der Waals surface area (Å²) in [4.78, 5) is 0. The SMILES string of the molecule is O=S1N=Cc2ccsc21. The van der Waals surface area contributed by atoms with Gasteiger partial charge in [-0.25, -0.2) is 4.21 Å². The molecule has 1 aromatic rings. The summed E-state index contributed by atoms with van der Waals surface area (Å²) >= 11 is 1.49. The number of thiophene rings is 1. The summed E-state index contributed by atoms with van der Waals surface area (Å²) in [6, 6.07) is 1.92. The van der Waals surface area contributed by atoms with E-state index < -0.39 is 11.0 Å². The highest BCUT2D eigenvalue weighted by atomic mass is 32.2. The molecule has 2 heterocycles. The van der Waals surface area contributed by atoms with E-state index in [1.807, 2.05) is 11.4 Å². The molecule has 1 aliphatic rings. The summed E-state index contributed by atoms with van der Waals surface area (Å²) in [6.07, 6.45) is 1.65. The van der Waals surface area contributed by atoms with Gasteiger partial charge in [0.15, 0.2) is 11.0 Å². The fourth-order valence-electron chi connectivity index (χ4n) is 0.695. The lowest BCUT2D eigenvalue weighted by atomic mass is 10.4. The third-order valence-corrected chi connectivity index (χ3v) is 3.39. The quantitative estimate of drug-likeness (QED) is 0.556. The molecule has 0 bridgehead atoms. The maximum absolute atomic E-state index is 10.9. The van der Waals surface area contributed by atoms with E-state index in [2.05, 4.69) is 4.40 Å². The van der Waals surface area contributed by atoms with Crippen LogP contribution >= 0.6 is 11.3 Å². The fraction of sp³-hybridized carbons (Fsp3) is 0. The molecule has 0 fully saturated rings. The van der Waals surface area contributed by atoms with E-state index in [1.54, 1.807) is 6.21 Å². The average molecular weight is 157 g/mol. The van der Waals surface area contributed by atoms with Crippen molar-refractivity contribution in [2.45, 2.75) is 4.21 Å². The van der Waals surface area contributed by atoms with E-state index in [4.69, 9.17) is 0 Å². The molecule has 1 aliphatic heterocycles. The lowest BCUT2D eigenvalue weighted by Crippen LogP contribution is -1.73. The summed E-state index contributed by atoms with van der Waals surface area (Å²) < 4.78 is 15.5. The Morgan fingerprint density at radius 3 is 3.33 bits per heavy atom. The maximum atomic E-state index is 10.9.